The zero-order valence-corrected chi connectivity index (χ0v) is 15.9. The third kappa shape index (κ3) is 3.88. The molecule has 3 aromatic rings. The van der Waals surface area contributed by atoms with Gasteiger partial charge < -0.3 is 13.9 Å². The van der Waals surface area contributed by atoms with Crippen molar-refractivity contribution in [2.24, 2.45) is 5.10 Å². The smallest absolute Gasteiger partial charge is 0.307 e. The maximum absolute atomic E-state index is 12.2. The number of carbonyl (C=O) groups excluding carboxylic acids is 1. The maximum atomic E-state index is 12.2. The Morgan fingerprint density at radius 2 is 2.12 bits per heavy atom. The summed E-state index contributed by atoms with van der Waals surface area (Å²) >= 11 is 3.44. The number of benzene rings is 2. The van der Waals surface area contributed by atoms with Crippen LogP contribution in [0.15, 0.2) is 56.5 Å². The van der Waals surface area contributed by atoms with Crippen LogP contribution in [-0.4, -0.2) is 25.8 Å². The Morgan fingerprint density at radius 3 is 2.85 bits per heavy atom. The highest BCUT2D eigenvalue weighted by Gasteiger charge is 2.14. The quantitative estimate of drug-likeness (QED) is 0.478. The summed E-state index contributed by atoms with van der Waals surface area (Å²) in [5.74, 6) is 1.05. The molecule has 0 radical (unpaired) electrons. The van der Waals surface area contributed by atoms with Crippen LogP contribution in [0.4, 0.5) is 0 Å². The van der Waals surface area contributed by atoms with Crippen LogP contribution in [0, 0.1) is 0 Å². The molecule has 7 heteroatoms. The van der Waals surface area contributed by atoms with Gasteiger partial charge >= 0.3 is 5.91 Å². The molecule has 1 heterocycles. The molecule has 1 aromatic heterocycles. The largest absolute Gasteiger partial charge is 0.493 e. The van der Waals surface area contributed by atoms with E-state index in [4.69, 9.17) is 13.9 Å². The zero-order chi connectivity index (χ0) is 18.5. The van der Waals surface area contributed by atoms with Crippen molar-refractivity contribution in [2.45, 2.75) is 6.92 Å². The van der Waals surface area contributed by atoms with Crippen molar-refractivity contribution in [3.05, 3.63) is 58.3 Å². The number of carbonyl (C=O) groups is 1. The molecule has 0 aliphatic rings. The van der Waals surface area contributed by atoms with E-state index in [0.717, 1.165) is 21.2 Å². The number of hydrogen-bond acceptors (Lipinski definition) is 5. The van der Waals surface area contributed by atoms with E-state index in [1.807, 2.05) is 37.3 Å². The number of nitrogens with zero attached hydrogens (tertiary/aromatic N) is 1. The van der Waals surface area contributed by atoms with Gasteiger partial charge in [-0.25, -0.2) is 5.43 Å². The number of methoxy groups -OCH3 is 1. The Hall–Kier alpha value is -2.80. The molecule has 3 rings (SSSR count). The lowest BCUT2D eigenvalue weighted by Gasteiger charge is -2.05. The minimum atomic E-state index is -0.440. The van der Waals surface area contributed by atoms with E-state index in [9.17, 15) is 4.79 Å². The average molecular weight is 417 g/mol. The topological polar surface area (TPSA) is 73.1 Å². The van der Waals surface area contributed by atoms with Crippen LogP contribution >= 0.6 is 15.9 Å². The van der Waals surface area contributed by atoms with Crippen molar-refractivity contribution in [2.75, 3.05) is 13.7 Å². The molecular weight excluding hydrogens is 400 g/mol. The van der Waals surface area contributed by atoms with Crippen LogP contribution in [0.25, 0.3) is 11.0 Å². The Balaban J connectivity index is 1.70. The van der Waals surface area contributed by atoms with Crippen LogP contribution in [0.1, 0.15) is 23.0 Å². The van der Waals surface area contributed by atoms with Gasteiger partial charge in [0.2, 0.25) is 0 Å². The lowest BCUT2D eigenvalue weighted by atomic mass is 10.2. The van der Waals surface area contributed by atoms with Crippen molar-refractivity contribution in [3.8, 4) is 11.5 Å². The highest BCUT2D eigenvalue weighted by Crippen LogP contribution is 2.28. The number of hydrazone groups is 1. The predicted octanol–water partition coefficient (Wildman–Crippen LogP) is 4.37. The van der Waals surface area contributed by atoms with Crippen LogP contribution in [0.5, 0.6) is 11.5 Å². The summed E-state index contributed by atoms with van der Waals surface area (Å²) in [5, 5.41) is 4.76. The van der Waals surface area contributed by atoms with Crippen molar-refractivity contribution in [3.63, 3.8) is 0 Å². The van der Waals surface area contributed by atoms with Crippen molar-refractivity contribution < 1.29 is 18.7 Å². The molecule has 2 aromatic carbocycles. The van der Waals surface area contributed by atoms with E-state index in [0.29, 0.717) is 17.9 Å². The number of ether oxygens (including phenoxy) is 2. The van der Waals surface area contributed by atoms with E-state index >= 15 is 0 Å². The van der Waals surface area contributed by atoms with Gasteiger partial charge in [-0.05, 0) is 58.7 Å². The molecule has 26 heavy (non-hydrogen) atoms. The fraction of sp³-hybridized carbons (Fsp3) is 0.158. The minimum Gasteiger partial charge on any atom is -0.493 e. The van der Waals surface area contributed by atoms with Gasteiger partial charge in [0.05, 0.1) is 24.4 Å². The zero-order valence-electron chi connectivity index (χ0n) is 14.3. The van der Waals surface area contributed by atoms with Crippen molar-refractivity contribution in [1.82, 2.24) is 5.43 Å². The molecule has 134 valence electrons. The van der Waals surface area contributed by atoms with Gasteiger partial charge in [0, 0.05) is 5.39 Å². The lowest BCUT2D eigenvalue weighted by Crippen LogP contribution is -2.16. The molecular formula is C19H17BrN2O4. The second-order valence-electron chi connectivity index (χ2n) is 5.31. The molecule has 6 nitrogen and oxygen atoms in total. The Morgan fingerprint density at radius 1 is 1.27 bits per heavy atom. The number of amides is 1. The van der Waals surface area contributed by atoms with Gasteiger partial charge in [-0.1, -0.05) is 12.1 Å². The van der Waals surface area contributed by atoms with Crippen LogP contribution in [0.2, 0.25) is 0 Å². The van der Waals surface area contributed by atoms with E-state index in [-0.39, 0.29) is 5.76 Å². The summed E-state index contributed by atoms with van der Waals surface area (Å²) in [6, 6.07) is 12.6. The molecule has 0 saturated heterocycles. The third-order valence-corrected chi connectivity index (χ3v) is 4.21. The molecule has 0 saturated carbocycles. The van der Waals surface area contributed by atoms with Crippen LogP contribution < -0.4 is 14.9 Å². The monoisotopic (exact) mass is 416 g/mol. The number of para-hydroxylation sites is 1. The first-order valence-electron chi connectivity index (χ1n) is 7.94. The van der Waals surface area contributed by atoms with Gasteiger partial charge in [0.15, 0.2) is 17.1 Å². The first-order valence-corrected chi connectivity index (χ1v) is 8.74. The van der Waals surface area contributed by atoms with Crippen molar-refractivity contribution in [1.29, 1.82) is 0 Å². The molecule has 0 unspecified atom stereocenters. The molecule has 1 N–H and O–H groups in total. The standard InChI is InChI=1S/C19H17BrN2O4/c1-3-25-15-8-7-12(9-14(15)20)11-21-22-19(23)17-10-13-5-4-6-16(24-2)18(13)26-17/h4-11H,3H2,1-2H3,(H,22,23)/b21-11-. The molecule has 0 atom stereocenters. The van der Waals surface area contributed by atoms with Gasteiger partial charge in [0.1, 0.15) is 5.75 Å². The Bertz CT molecular complexity index is 965. The summed E-state index contributed by atoms with van der Waals surface area (Å²) in [6.07, 6.45) is 1.54. The molecule has 0 aliphatic carbocycles. The van der Waals surface area contributed by atoms with E-state index in [1.165, 1.54) is 0 Å². The third-order valence-electron chi connectivity index (χ3n) is 3.59. The van der Waals surface area contributed by atoms with E-state index < -0.39 is 5.91 Å². The first kappa shape index (κ1) is 18.0. The SMILES string of the molecule is CCOc1ccc(/C=N\NC(=O)c2cc3cccc(OC)c3o2)cc1Br. The number of hydrogen-bond donors (Lipinski definition) is 1. The predicted molar refractivity (Wildman–Crippen MR) is 103 cm³/mol. The van der Waals surface area contributed by atoms with E-state index in [1.54, 1.807) is 25.5 Å². The Kier molecular flexibility index (Phi) is 5.58. The second kappa shape index (κ2) is 8.05. The van der Waals surface area contributed by atoms with Gasteiger partial charge in [-0.2, -0.15) is 5.10 Å². The van der Waals surface area contributed by atoms with Gasteiger partial charge in [-0.3, -0.25) is 4.79 Å². The first-order chi connectivity index (χ1) is 12.6. The number of furan rings is 1. The maximum Gasteiger partial charge on any atom is 0.307 e. The summed E-state index contributed by atoms with van der Waals surface area (Å²) in [7, 11) is 1.55. The average Bonchev–Trinajstić information content (AvgIpc) is 3.08. The van der Waals surface area contributed by atoms with Crippen LogP contribution in [0.3, 0.4) is 0 Å². The molecule has 0 fully saturated rings. The summed E-state index contributed by atoms with van der Waals surface area (Å²) in [6.45, 7) is 2.51. The number of rotatable bonds is 6. The van der Waals surface area contributed by atoms with Crippen molar-refractivity contribution >= 4 is 39.0 Å². The summed E-state index contributed by atoms with van der Waals surface area (Å²) < 4.78 is 17.1. The van der Waals surface area contributed by atoms with Crippen LogP contribution in [-0.2, 0) is 0 Å². The van der Waals surface area contributed by atoms with E-state index in [2.05, 4.69) is 26.5 Å². The fourth-order valence-electron chi connectivity index (χ4n) is 2.40. The highest BCUT2D eigenvalue weighted by atomic mass is 79.9. The molecule has 0 aliphatic heterocycles. The van der Waals surface area contributed by atoms with Gasteiger partial charge in [0.25, 0.3) is 0 Å². The molecule has 1 amide bonds. The molecule has 0 spiro atoms. The fourth-order valence-corrected chi connectivity index (χ4v) is 2.91. The number of nitrogens with one attached hydrogen (secondary N) is 1. The minimum absolute atomic E-state index is 0.162. The number of halogens is 1. The highest BCUT2D eigenvalue weighted by molar-refractivity contribution is 9.10. The summed E-state index contributed by atoms with van der Waals surface area (Å²) in [4.78, 5) is 12.2. The number of fused-ring (bicyclic) bond motifs is 1. The van der Waals surface area contributed by atoms with Gasteiger partial charge in [-0.15, -0.1) is 0 Å². The summed E-state index contributed by atoms with van der Waals surface area (Å²) in [5.41, 5.74) is 3.79. The molecule has 0 bridgehead atoms. The normalized spacial score (nSPS) is 11.0. The Labute approximate surface area is 158 Å². The second-order valence-corrected chi connectivity index (χ2v) is 6.17. The lowest BCUT2D eigenvalue weighted by molar-refractivity contribution is 0.0929.